The number of carboxylic acid groups (broad SMARTS) is 1. The van der Waals surface area contributed by atoms with E-state index in [9.17, 15) is 19.5 Å². The third-order valence-electron chi connectivity index (χ3n) is 12.2. The van der Waals surface area contributed by atoms with E-state index in [1.165, 1.54) is 122 Å². The number of nitrogens with zero attached hydrogens (tertiary/aromatic N) is 1. The predicted octanol–water partition coefficient (Wildman–Crippen LogP) is 14.8. The average molecular weight is 926 g/mol. The first-order valence-electron chi connectivity index (χ1n) is 27.3. The Kier molecular flexibility index (Phi) is 46.3. The van der Waals surface area contributed by atoms with Crippen LogP contribution in [0, 0.1) is 0 Å². The van der Waals surface area contributed by atoms with Crippen molar-refractivity contribution in [3.63, 3.8) is 0 Å². The van der Waals surface area contributed by atoms with Crippen LogP contribution in [0.5, 0.6) is 0 Å². The van der Waals surface area contributed by atoms with Gasteiger partial charge in [-0.25, -0.2) is 0 Å². The minimum atomic E-state index is -1.13. The number of carbonyl (C=O) groups is 3. The Morgan fingerprint density at radius 1 is 0.470 bits per heavy atom. The second-order valence-corrected chi connectivity index (χ2v) is 19.4. The largest absolute Gasteiger partial charge is 0.544 e. The maximum Gasteiger partial charge on any atom is 0.306 e. The van der Waals surface area contributed by atoms with Gasteiger partial charge in [0.15, 0.2) is 6.10 Å². The van der Waals surface area contributed by atoms with Crippen molar-refractivity contribution in [2.75, 3.05) is 41.0 Å². The number of aliphatic carboxylic acids is 1. The van der Waals surface area contributed by atoms with E-state index in [-0.39, 0.29) is 42.7 Å². The normalized spacial score (nSPS) is 13.3. The van der Waals surface area contributed by atoms with Gasteiger partial charge in [-0.1, -0.05) is 222 Å². The zero-order valence-corrected chi connectivity index (χ0v) is 43.6. The van der Waals surface area contributed by atoms with Crippen molar-refractivity contribution >= 4 is 17.9 Å². The summed E-state index contributed by atoms with van der Waals surface area (Å²) in [5.41, 5.74) is 0. The fraction of sp³-hybridized carbons (Fsp3) is 0.776. The van der Waals surface area contributed by atoms with Crippen molar-refractivity contribution in [3.8, 4) is 0 Å². The lowest BCUT2D eigenvalue weighted by Crippen LogP contribution is -2.55. The Bertz CT molecular complexity index is 1260. The molecule has 0 aliphatic carbocycles. The molecule has 2 unspecified atom stereocenters. The molecule has 0 radical (unpaired) electrons. The molecule has 8 nitrogen and oxygen atoms in total. The third kappa shape index (κ3) is 46.2. The molecule has 0 rings (SSSR count). The van der Waals surface area contributed by atoms with Crippen LogP contribution in [-0.4, -0.2) is 75.5 Å². The van der Waals surface area contributed by atoms with Crippen LogP contribution >= 0.6 is 0 Å². The summed E-state index contributed by atoms with van der Waals surface area (Å²) < 4.78 is 17.3. The quantitative estimate of drug-likeness (QED) is 0.0259. The van der Waals surface area contributed by atoms with Crippen molar-refractivity contribution in [3.05, 3.63) is 60.8 Å². The van der Waals surface area contributed by atoms with E-state index < -0.39 is 18.1 Å². The summed E-state index contributed by atoms with van der Waals surface area (Å²) in [4.78, 5) is 37.1. The highest BCUT2D eigenvalue weighted by Gasteiger charge is 2.25. The minimum absolute atomic E-state index is 0.0348. The van der Waals surface area contributed by atoms with Gasteiger partial charge in [-0.2, -0.15) is 0 Å². The Balaban J connectivity index is 4.23. The smallest absolute Gasteiger partial charge is 0.306 e. The van der Waals surface area contributed by atoms with Gasteiger partial charge in [0.2, 0.25) is 0 Å². The fourth-order valence-corrected chi connectivity index (χ4v) is 7.98. The average Bonchev–Trinajstić information content (AvgIpc) is 3.28. The molecule has 0 N–H and O–H groups in total. The van der Waals surface area contributed by atoms with Crippen LogP contribution in [0.25, 0.3) is 0 Å². The number of rotatable bonds is 49. The second-order valence-electron chi connectivity index (χ2n) is 19.4. The number of ether oxygens (including phenoxy) is 3. The summed E-state index contributed by atoms with van der Waals surface area (Å²) in [7, 11) is 5.42. The first-order chi connectivity index (χ1) is 32.1. The van der Waals surface area contributed by atoms with Crippen molar-refractivity contribution < 1.29 is 38.2 Å². The van der Waals surface area contributed by atoms with Gasteiger partial charge in [-0.05, 0) is 57.8 Å². The maximum absolute atomic E-state index is 12.8. The number of allylic oxidation sites excluding steroid dienone is 10. The summed E-state index contributed by atoms with van der Waals surface area (Å²) in [5, 5.41) is 11.7. The van der Waals surface area contributed by atoms with Gasteiger partial charge in [0.1, 0.15) is 12.6 Å². The summed E-state index contributed by atoms with van der Waals surface area (Å²) >= 11 is 0. The minimum Gasteiger partial charge on any atom is -0.544 e. The maximum atomic E-state index is 12.8. The van der Waals surface area contributed by atoms with E-state index in [0.717, 1.165) is 83.5 Å². The molecule has 0 saturated heterocycles. The van der Waals surface area contributed by atoms with Crippen LogP contribution < -0.4 is 5.11 Å². The molecule has 66 heavy (non-hydrogen) atoms. The first-order valence-corrected chi connectivity index (χ1v) is 27.3. The summed E-state index contributed by atoms with van der Waals surface area (Å²) in [6, 6.07) is -0.731. The van der Waals surface area contributed by atoms with Gasteiger partial charge in [-0.15, -0.1) is 0 Å². The summed E-state index contributed by atoms with van der Waals surface area (Å²) in [5.74, 6) is -1.74. The van der Waals surface area contributed by atoms with Gasteiger partial charge in [-0.3, -0.25) is 9.59 Å². The fourth-order valence-electron chi connectivity index (χ4n) is 7.98. The van der Waals surface area contributed by atoms with Crippen LogP contribution in [0.1, 0.15) is 239 Å². The zero-order valence-electron chi connectivity index (χ0n) is 43.6. The number of hydrogen-bond acceptors (Lipinski definition) is 7. The molecule has 0 aromatic carbocycles. The predicted molar refractivity (Wildman–Crippen MR) is 277 cm³/mol. The van der Waals surface area contributed by atoms with Gasteiger partial charge < -0.3 is 28.6 Å². The topological polar surface area (TPSA) is 102 Å². The molecule has 0 aliphatic rings. The molecule has 0 aliphatic heterocycles. The number of esters is 2. The molecule has 0 aromatic heterocycles. The lowest BCUT2D eigenvalue weighted by Gasteiger charge is -2.34. The number of likely N-dealkylation sites (N-methyl/N-ethyl adjacent to an activating group) is 1. The Labute approximate surface area is 407 Å². The number of carboxylic acids is 1. The Morgan fingerprint density at radius 2 is 0.848 bits per heavy atom. The van der Waals surface area contributed by atoms with E-state index in [1.807, 2.05) is 0 Å². The third-order valence-corrected chi connectivity index (χ3v) is 12.2. The summed E-state index contributed by atoms with van der Waals surface area (Å²) in [6.45, 7) is 4.57. The number of carbonyl (C=O) groups excluding carboxylic acids is 3. The van der Waals surface area contributed by atoms with Gasteiger partial charge in [0, 0.05) is 19.3 Å². The lowest BCUT2D eigenvalue weighted by molar-refractivity contribution is -0.889. The molecule has 0 spiro atoms. The Hall–Kier alpha value is -2.97. The molecule has 2 atom stereocenters. The van der Waals surface area contributed by atoms with Crippen molar-refractivity contribution in [2.24, 2.45) is 0 Å². The van der Waals surface area contributed by atoms with Crippen LogP contribution in [0.3, 0.4) is 0 Å². The molecule has 0 heterocycles. The highest BCUT2D eigenvalue weighted by molar-refractivity contribution is 5.70. The second kappa shape index (κ2) is 48.5. The molecular weight excluding hydrogens is 823 g/mol. The van der Waals surface area contributed by atoms with Crippen molar-refractivity contribution in [2.45, 2.75) is 251 Å². The number of hydrogen-bond donors (Lipinski definition) is 0. The van der Waals surface area contributed by atoms with E-state index >= 15 is 0 Å². The first kappa shape index (κ1) is 63.0. The number of unbranched alkanes of at least 4 members (excludes halogenated alkanes) is 25. The van der Waals surface area contributed by atoms with Crippen LogP contribution in [0.2, 0.25) is 0 Å². The highest BCUT2D eigenvalue weighted by atomic mass is 16.6. The van der Waals surface area contributed by atoms with Crippen molar-refractivity contribution in [1.29, 1.82) is 0 Å². The number of quaternary nitrogens is 1. The summed E-state index contributed by atoms with van der Waals surface area (Å²) in [6.07, 6.45) is 61.1. The molecule has 0 amide bonds. The van der Waals surface area contributed by atoms with Crippen LogP contribution in [0.4, 0.5) is 0 Å². The standard InChI is InChI=1S/C58H103NO7/c1-6-8-10-12-14-16-18-20-22-24-26-28-29-31-33-35-37-39-41-43-45-47-49-57(61)66-54(52-64-51-50-55(58(62)63)59(3,4)5)53-65-56(60)48-46-44-42-40-38-36-34-32-30-27-25-23-21-19-17-15-13-11-9-7-2/h8,10,14,16,20,22,26,28,31,33,54-55H,6-7,9,11-13,15,17-19,21,23-25,27,29-30,32,34-53H2,1-5H3/b10-8+,16-14+,22-20+,28-26+,33-31+. The molecule has 382 valence electrons. The monoisotopic (exact) mass is 926 g/mol. The SMILES string of the molecule is CC/C=C/C/C=C/C/C=C/C/C=C/C/C=C/CCCCCCCCC(=O)OC(COCCC(C(=O)[O-])[N+](C)(C)C)COC(=O)CCCCCCCCCCCCCCCCCCCCCC. The van der Waals surface area contributed by atoms with Crippen LogP contribution in [0.15, 0.2) is 60.8 Å². The van der Waals surface area contributed by atoms with E-state index in [1.54, 1.807) is 21.1 Å². The molecule has 0 saturated carbocycles. The molecule has 0 aromatic rings. The van der Waals surface area contributed by atoms with Gasteiger partial charge in [0.25, 0.3) is 0 Å². The van der Waals surface area contributed by atoms with Crippen LogP contribution in [-0.2, 0) is 28.6 Å². The van der Waals surface area contributed by atoms with Gasteiger partial charge >= 0.3 is 11.9 Å². The lowest BCUT2D eigenvalue weighted by atomic mass is 10.0. The molecule has 8 heteroatoms. The molecular formula is C58H103NO7. The highest BCUT2D eigenvalue weighted by Crippen LogP contribution is 2.16. The zero-order chi connectivity index (χ0) is 48.4. The van der Waals surface area contributed by atoms with E-state index in [0.29, 0.717) is 12.8 Å². The Morgan fingerprint density at radius 3 is 1.26 bits per heavy atom. The van der Waals surface area contributed by atoms with E-state index in [2.05, 4.69) is 74.6 Å². The van der Waals surface area contributed by atoms with E-state index in [4.69, 9.17) is 14.2 Å². The molecule has 0 bridgehead atoms. The van der Waals surface area contributed by atoms with Crippen molar-refractivity contribution in [1.82, 2.24) is 0 Å². The van der Waals surface area contributed by atoms with Gasteiger partial charge in [0.05, 0.1) is 40.3 Å². The molecule has 0 fully saturated rings.